The molecular formula is C26H31N3O3. The molecule has 2 aromatic carbocycles. The molecule has 6 nitrogen and oxygen atoms in total. The van der Waals surface area contributed by atoms with Gasteiger partial charge in [0.05, 0.1) is 16.9 Å². The molecule has 0 aliphatic rings. The van der Waals surface area contributed by atoms with Crippen LogP contribution in [0, 0.1) is 12.3 Å². The summed E-state index contributed by atoms with van der Waals surface area (Å²) in [5, 5.41) is 7.68. The van der Waals surface area contributed by atoms with Crippen LogP contribution in [-0.2, 0) is 16.0 Å². The summed E-state index contributed by atoms with van der Waals surface area (Å²) in [7, 11) is 0. The van der Waals surface area contributed by atoms with Gasteiger partial charge in [0.1, 0.15) is 0 Å². The van der Waals surface area contributed by atoms with Gasteiger partial charge in [0.25, 0.3) is 0 Å². The van der Waals surface area contributed by atoms with Gasteiger partial charge in [-0.15, -0.1) is 0 Å². The molecule has 3 aromatic rings. The van der Waals surface area contributed by atoms with E-state index in [0.717, 1.165) is 33.8 Å². The Morgan fingerprint density at radius 1 is 1.03 bits per heavy atom. The van der Waals surface area contributed by atoms with Gasteiger partial charge in [-0.2, -0.15) is 9.78 Å². The zero-order valence-electron chi connectivity index (χ0n) is 19.7. The Hall–Kier alpha value is -3.41. The number of nitrogens with one attached hydrogen (secondary N) is 1. The minimum Gasteiger partial charge on any atom is -0.407 e. The fourth-order valence-electron chi connectivity index (χ4n) is 3.48. The predicted octanol–water partition coefficient (Wildman–Crippen LogP) is 5.71. The van der Waals surface area contributed by atoms with E-state index in [1.165, 1.54) is 6.92 Å². The average molecular weight is 434 g/mol. The number of ether oxygens (including phenoxy) is 1. The van der Waals surface area contributed by atoms with E-state index in [9.17, 15) is 9.59 Å². The van der Waals surface area contributed by atoms with Crippen LogP contribution in [0.15, 0.2) is 48.5 Å². The molecule has 0 aliphatic carbocycles. The maximum absolute atomic E-state index is 12.3. The zero-order chi connectivity index (χ0) is 23.5. The van der Waals surface area contributed by atoms with Gasteiger partial charge < -0.3 is 10.1 Å². The summed E-state index contributed by atoms with van der Waals surface area (Å²) in [6, 6.07) is 15.4. The topological polar surface area (TPSA) is 73.2 Å². The number of carbonyl (C=O) groups excluding carboxylic acids is 2. The zero-order valence-corrected chi connectivity index (χ0v) is 19.7. The van der Waals surface area contributed by atoms with Crippen molar-refractivity contribution in [1.29, 1.82) is 0 Å². The van der Waals surface area contributed by atoms with Crippen LogP contribution in [0.1, 0.15) is 52.3 Å². The third kappa shape index (κ3) is 5.63. The number of benzene rings is 2. The van der Waals surface area contributed by atoms with E-state index in [4.69, 9.17) is 9.84 Å². The maximum Gasteiger partial charge on any atom is 0.309 e. The first-order chi connectivity index (χ1) is 15.1. The third-order valence-corrected chi connectivity index (χ3v) is 4.92. The summed E-state index contributed by atoms with van der Waals surface area (Å²) in [5.41, 5.74) is 5.06. The van der Waals surface area contributed by atoms with Crippen molar-refractivity contribution in [1.82, 2.24) is 9.78 Å². The molecule has 32 heavy (non-hydrogen) atoms. The Morgan fingerprint density at radius 3 is 2.19 bits per heavy atom. The number of anilines is 1. The first kappa shape index (κ1) is 23.3. The van der Waals surface area contributed by atoms with Gasteiger partial charge in [0, 0.05) is 19.0 Å². The number of nitrogens with zero attached hydrogens (tertiary/aromatic N) is 2. The molecule has 0 saturated carbocycles. The second-order valence-electron chi connectivity index (χ2n) is 9.18. The van der Waals surface area contributed by atoms with Gasteiger partial charge in [-0.1, -0.05) is 57.5 Å². The van der Waals surface area contributed by atoms with Crippen molar-refractivity contribution >= 4 is 17.6 Å². The molecule has 0 bridgehead atoms. The van der Waals surface area contributed by atoms with Gasteiger partial charge in [-0.05, 0) is 48.6 Å². The maximum atomic E-state index is 12.3. The van der Waals surface area contributed by atoms with Crippen molar-refractivity contribution in [2.75, 3.05) is 5.32 Å². The van der Waals surface area contributed by atoms with Crippen molar-refractivity contribution in [3.8, 4) is 22.7 Å². The molecule has 1 heterocycles. The number of rotatable bonds is 6. The highest BCUT2D eigenvalue weighted by molar-refractivity contribution is 5.91. The lowest BCUT2D eigenvalue weighted by Crippen LogP contribution is -2.19. The van der Waals surface area contributed by atoms with Crippen LogP contribution in [0.3, 0.4) is 0 Å². The molecule has 1 aromatic heterocycles. The summed E-state index contributed by atoms with van der Waals surface area (Å²) in [4.78, 5) is 24.2. The molecule has 0 unspecified atom stereocenters. The lowest BCUT2D eigenvalue weighted by molar-refractivity contribution is -0.132. The van der Waals surface area contributed by atoms with E-state index >= 15 is 0 Å². The number of aromatic nitrogens is 2. The highest BCUT2D eigenvalue weighted by Gasteiger charge is 2.23. The number of hydrogen-bond acceptors (Lipinski definition) is 4. The number of hydrogen-bond donors (Lipinski definition) is 1. The van der Waals surface area contributed by atoms with Crippen LogP contribution < -0.4 is 10.1 Å². The van der Waals surface area contributed by atoms with E-state index in [2.05, 4.69) is 5.32 Å². The lowest BCUT2D eigenvalue weighted by atomic mass is 9.92. The molecule has 168 valence electrons. The van der Waals surface area contributed by atoms with Crippen molar-refractivity contribution < 1.29 is 14.3 Å². The van der Waals surface area contributed by atoms with Crippen LogP contribution in [-0.4, -0.2) is 21.7 Å². The average Bonchev–Trinajstić information content (AvgIpc) is 3.05. The number of amides is 1. The molecule has 0 radical (unpaired) electrons. The Labute approximate surface area is 189 Å². The summed E-state index contributed by atoms with van der Waals surface area (Å²) < 4.78 is 7.31. The van der Waals surface area contributed by atoms with Gasteiger partial charge in [-0.25, -0.2) is 0 Å². The van der Waals surface area contributed by atoms with Crippen molar-refractivity contribution in [3.05, 3.63) is 59.8 Å². The SMILES string of the molecule is CCc1nn(-c2ccc(C)cc2)c(OC(C)=O)c1-c1ccc(NC(=O)CC(C)(C)C)cc1. The Bertz CT molecular complexity index is 1100. The number of carbonyl (C=O) groups is 2. The van der Waals surface area contributed by atoms with E-state index in [1.54, 1.807) is 4.68 Å². The molecular weight excluding hydrogens is 402 g/mol. The highest BCUT2D eigenvalue weighted by Crippen LogP contribution is 2.36. The molecule has 1 N–H and O–H groups in total. The molecule has 3 rings (SSSR count). The van der Waals surface area contributed by atoms with Crippen molar-refractivity contribution in [2.45, 2.75) is 54.4 Å². The summed E-state index contributed by atoms with van der Waals surface area (Å²) in [6.45, 7) is 11.5. The fraction of sp³-hybridized carbons (Fsp3) is 0.346. The summed E-state index contributed by atoms with van der Waals surface area (Å²) in [6.07, 6.45) is 1.11. The molecule has 0 aliphatic heterocycles. The first-order valence-corrected chi connectivity index (χ1v) is 10.8. The smallest absolute Gasteiger partial charge is 0.309 e. The molecule has 0 saturated heterocycles. The fourth-order valence-corrected chi connectivity index (χ4v) is 3.48. The van der Waals surface area contributed by atoms with E-state index < -0.39 is 5.97 Å². The number of aryl methyl sites for hydroxylation is 2. The van der Waals surface area contributed by atoms with Gasteiger partial charge >= 0.3 is 5.97 Å². The Kier molecular flexibility index (Phi) is 6.82. The van der Waals surface area contributed by atoms with Crippen LogP contribution >= 0.6 is 0 Å². The Balaban J connectivity index is 2.00. The highest BCUT2D eigenvalue weighted by atomic mass is 16.5. The number of esters is 1. The van der Waals surface area contributed by atoms with Crippen LogP contribution in [0.5, 0.6) is 5.88 Å². The molecule has 0 atom stereocenters. The monoisotopic (exact) mass is 433 g/mol. The van der Waals surface area contributed by atoms with Crippen LogP contribution in [0.2, 0.25) is 0 Å². The first-order valence-electron chi connectivity index (χ1n) is 10.8. The molecule has 0 fully saturated rings. The quantitative estimate of drug-likeness (QED) is 0.505. The second kappa shape index (κ2) is 9.39. The van der Waals surface area contributed by atoms with Gasteiger partial charge in [0.2, 0.25) is 11.8 Å². The van der Waals surface area contributed by atoms with E-state index in [-0.39, 0.29) is 11.3 Å². The summed E-state index contributed by atoms with van der Waals surface area (Å²) in [5.74, 6) is -0.0387. The molecule has 0 spiro atoms. The standard InChI is InChI=1S/C26H31N3O3/c1-7-22-24(19-10-12-20(13-11-19)27-23(31)16-26(4,5)6)25(32-18(3)30)29(28-22)21-14-8-17(2)9-15-21/h8-15H,7,16H2,1-6H3,(H,27,31). The van der Waals surface area contributed by atoms with Crippen LogP contribution in [0.4, 0.5) is 5.69 Å². The minimum absolute atomic E-state index is 0.0210. The normalized spacial score (nSPS) is 11.3. The lowest BCUT2D eigenvalue weighted by Gasteiger charge is -2.17. The minimum atomic E-state index is -0.409. The predicted molar refractivity (Wildman–Crippen MR) is 127 cm³/mol. The van der Waals surface area contributed by atoms with Crippen molar-refractivity contribution in [2.24, 2.45) is 5.41 Å². The Morgan fingerprint density at radius 2 is 1.66 bits per heavy atom. The molecule has 6 heteroatoms. The van der Waals surface area contributed by atoms with Gasteiger partial charge in [-0.3, -0.25) is 9.59 Å². The third-order valence-electron chi connectivity index (χ3n) is 4.92. The van der Waals surface area contributed by atoms with Gasteiger partial charge in [0.15, 0.2) is 0 Å². The van der Waals surface area contributed by atoms with Crippen LogP contribution in [0.25, 0.3) is 16.8 Å². The van der Waals surface area contributed by atoms with Crippen molar-refractivity contribution in [3.63, 3.8) is 0 Å². The van der Waals surface area contributed by atoms with E-state index in [0.29, 0.717) is 18.7 Å². The summed E-state index contributed by atoms with van der Waals surface area (Å²) >= 11 is 0. The largest absolute Gasteiger partial charge is 0.407 e. The molecule has 1 amide bonds. The second-order valence-corrected chi connectivity index (χ2v) is 9.18. The van der Waals surface area contributed by atoms with E-state index in [1.807, 2.05) is 83.1 Å².